The van der Waals surface area contributed by atoms with Crippen molar-refractivity contribution in [2.45, 2.75) is 36.0 Å². The fourth-order valence-electron chi connectivity index (χ4n) is 2.23. The van der Waals surface area contributed by atoms with E-state index in [4.69, 9.17) is 4.74 Å². The molecule has 0 radical (unpaired) electrons. The number of benzene rings is 2. The highest BCUT2D eigenvalue weighted by Crippen LogP contribution is 2.20. The first-order valence-corrected chi connectivity index (χ1v) is 9.29. The fraction of sp³-hybridized carbons (Fsp3) is 0.333. The Morgan fingerprint density at radius 2 is 1.67 bits per heavy atom. The number of halogens is 1. The summed E-state index contributed by atoms with van der Waals surface area (Å²) in [6, 6.07) is 13.8. The van der Waals surface area contributed by atoms with Crippen LogP contribution in [-0.2, 0) is 9.84 Å². The summed E-state index contributed by atoms with van der Waals surface area (Å²) in [7, 11) is -3.40. The lowest BCUT2D eigenvalue weighted by Crippen LogP contribution is -2.23. The second-order valence-electron chi connectivity index (χ2n) is 5.66. The van der Waals surface area contributed by atoms with Crippen LogP contribution >= 0.6 is 0 Å². The molecular weight excluding hydrogens is 331 g/mol. The van der Waals surface area contributed by atoms with Crippen molar-refractivity contribution in [3.63, 3.8) is 0 Å². The average Bonchev–Trinajstić information content (AvgIpc) is 2.59. The molecule has 6 heteroatoms. The van der Waals surface area contributed by atoms with E-state index >= 15 is 0 Å². The van der Waals surface area contributed by atoms with Crippen molar-refractivity contribution in [1.29, 1.82) is 0 Å². The van der Waals surface area contributed by atoms with Crippen molar-refractivity contribution in [1.82, 2.24) is 0 Å². The summed E-state index contributed by atoms with van der Waals surface area (Å²) in [5, 5.41) is 9.36. The van der Waals surface area contributed by atoms with Crippen molar-refractivity contribution in [3.05, 3.63) is 60.4 Å². The quantitative estimate of drug-likeness (QED) is 0.792. The highest BCUT2D eigenvalue weighted by atomic mass is 32.2. The molecule has 0 aromatic heterocycles. The number of hydrogen-bond donors (Lipinski definition) is 1. The Balaban J connectivity index is 1.82. The van der Waals surface area contributed by atoms with Gasteiger partial charge in [0.2, 0.25) is 0 Å². The van der Waals surface area contributed by atoms with Gasteiger partial charge in [0.15, 0.2) is 9.84 Å². The van der Waals surface area contributed by atoms with E-state index in [1.807, 2.05) is 0 Å². The molecule has 0 spiro atoms. The predicted molar refractivity (Wildman–Crippen MR) is 90.2 cm³/mol. The maximum absolute atomic E-state index is 12.8. The Bertz CT molecular complexity index is 729. The molecule has 2 unspecified atom stereocenters. The Hall–Kier alpha value is -1.92. The van der Waals surface area contributed by atoms with Crippen LogP contribution in [0.2, 0.25) is 0 Å². The van der Waals surface area contributed by atoms with Crippen LogP contribution in [0, 0.1) is 5.82 Å². The van der Waals surface area contributed by atoms with Gasteiger partial charge >= 0.3 is 0 Å². The Kier molecular flexibility index (Phi) is 6.34. The molecule has 0 aliphatic carbocycles. The Morgan fingerprint density at radius 1 is 1.04 bits per heavy atom. The Morgan fingerprint density at radius 3 is 2.29 bits per heavy atom. The van der Waals surface area contributed by atoms with Gasteiger partial charge in [-0.2, -0.15) is 0 Å². The molecule has 4 nitrogen and oxygen atoms in total. The summed E-state index contributed by atoms with van der Waals surface area (Å²) in [4.78, 5) is 0.287. The van der Waals surface area contributed by atoms with Gasteiger partial charge in [-0.15, -0.1) is 0 Å². The van der Waals surface area contributed by atoms with E-state index in [1.165, 1.54) is 24.3 Å². The standard InChI is InChI=1S/C18H21FO4S/c1-14(24(21,22)18-5-3-2-4-6-18)7-10-16(20)13-23-17-11-8-15(19)9-12-17/h2-6,8-9,11-12,14,16,20H,7,10,13H2,1H3. The number of hydrogen-bond acceptors (Lipinski definition) is 4. The lowest BCUT2D eigenvalue weighted by molar-refractivity contribution is 0.0981. The number of aliphatic hydroxyl groups excluding tert-OH is 1. The van der Waals surface area contributed by atoms with Gasteiger partial charge in [0.1, 0.15) is 18.2 Å². The summed E-state index contributed by atoms with van der Waals surface area (Å²) in [6.07, 6.45) is -0.164. The third-order valence-electron chi connectivity index (χ3n) is 3.76. The van der Waals surface area contributed by atoms with E-state index in [0.717, 1.165) is 0 Å². The van der Waals surface area contributed by atoms with Crippen molar-refractivity contribution in [2.24, 2.45) is 0 Å². The summed E-state index contributed by atoms with van der Waals surface area (Å²) in [5.41, 5.74) is 0. The molecule has 0 saturated carbocycles. The zero-order valence-corrected chi connectivity index (χ0v) is 14.2. The number of ether oxygens (including phenoxy) is 1. The van der Waals surface area contributed by atoms with Crippen LogP contribution < -0.4 is 4.74 Å². The monoisotopic (exact) mass is 352 g/mol. The van der Waals surface area contributed by atoms with E-state index in [0.29, 0.717) is 18.6 Å². The maximum atomic E-state index is 12.8. The van der Waals surface area contributed by atoms with E-state index in [9.17, 15) is 17.9 Å². The minimum Gasteiger partial charge on any atom is -0.491 e. The van der Waals surface area contributed by atoms with Gasteiger partial charge in [-0.1, -0.05) is 18.2 Å². The van der Waals surface area contributed by atoms with Gasteiger partial charge in [-0.05, 0) is 56.2 Å². The smallest absolute Gasteiger partial charge is 0.180 e. The lowest BCUT2D eigenvalue weighted by atomic mass is 10.2. The van der Waals surface area contributed by atoms with Crippen molar-refractivity contribution < 1.29 is 22.7 Å². The first-order valence-electron chi connectivity index (χ1n) is 7.75. The molecule has 0 fully saturated rings. The van der Waals surface area contributed by atoms with Gasteiger partial charge in [-0.3, -0.25) is 0 Å². The largest absolute Gasteiger partial charge is 0.491 e. The van der Waals surface area contributed by atoms with E-state index in [1.54, 1.807) is 37.3 Å². The number of sulfone groups is 1. The summed E-state index contributed by atoms with van der Waals surface area (Å²) in [5.74, 6) is 0.100. The molecule has 0 aliphatic heterocycles. The molecule has 1 N–H and O–H groups in total. The number of aliphatic hydroxyl groups is 1. The molecule has 24 heavy (non-hydrogen) atoms. The molecule has 2 aromatic rings. The van der Waals surface area contributed by atoms with Gasteiger partial charge in [-0.25, -0.2) is 12.8 Å². The third kappa shape index (κ3) is 5.04. The van der Waals surface area contributed by atoms with E-state index in [2.05, 4.69) is 0 Å². The zero-order chi connectivity index (χ0) is 17.6. The highest BCUT2D eigenvalue weighted by molar-refractivity contribution is 7.92. The third-order valence-corrected chi connectivity index (χ3v) is 5.99. The first kappa shape index (κ1) is 18.4. The molecule has 0 heterocycles. The summed E-state index contributed by atoms with van der Waals surface area (Å²) in [6.45, 7) is 1.67. The van der Waals surface area contributed by atoms with Gasteiger partial charge < -0.3 is 9.84 Å². The van der Waals surface area contributed by atoms with Gasteiger partial charge in [0.25, 0.3) is 0 Å². The average molecular weight is 352 g/mol. The van der Waals surface area contributed by atoms with Crippen LogP contribution in [0.3, 0.4) is 0 Å². The highest BCUT2D eigenvalue weighted by Gasteiger charge is 2.23. The molecule has 2 rings (SSSR count). The van der Waals surface area contributed by atoms with Crippen LogP contribution in [-0.4, -0.2) is 31.5 Å². The molecule has 0 saturated heterocycles. The van der Waals surface area contributed by atoms with E-state index in [-0.39, 0.29) is 17.3 Å². The van der Waals surface area contributed by atoms with Crippen LogP contribution in [0.15, 0.2) is 59.5 Å². The van der Waals surface area contributed by atoms with Crippen LogP contribution in [0.5, 0.6) is 5.75 Å². The normalized spacial score (nSPS) is 14.1. The molecule has 0 aliphatic rings. The minimum absolute atomic E-state index is 0.0315. The zero-order valence-electron chi connectivity index (χ0n) is 13.4. The molecular formula is C18H21FO4S. The van der Waals surface area contributed by atoms with Crippen molar-refractivity contribution >= 4 is 9.84 Å². The number of rotatable bonds is 8. The van der Waals surface area contributed by atoms with Crippen LogP contribution in [0.4, 0.5) is 4.39 Å². The van der Waals surface area contributed by atoms with Crippen molar-refractivity contribution in [2.75, 3.05) is 6.61 Å². The van der Waals surface area contributed by atoms with E-state index < -0.39 is 21.2 Å². The molecule has 2 atom stereocenters. The molecule has 0 amide bonds. The van der Waals surface area contributed by atoms with Crippen LogP contribution in [0.25, 0.3) is 0 Å². The molecule has 2 aromatic carbocycles. The minimum atomic E-state index is -3.40. The lowest BCUT2D eigenvalue weighted by Gasteiger charge is -2.16. The topological polar surface area (TPSA) is 63.6 Å². The molecule has 0 bridgehead atoms. The summed E-state index contributed by atoms with van der Waals surface area (Å²) < 4.78 is 43.0. The predicted octanol–water partition coefficient (Wildman–Crippen LogP) is 3.21. The van der Waals surface area contributed by atoms with Gasteiger partial charge in [0.05, 0.1) is 16.2 Å². The molecule has 130 valence electrons. The second kappa shape index (κ2) is 8.26. The summed E-state index contributed by atoms with van der Waals surface area (Å²) >= 11 is 0. The van der Waals surface area contributed by atoms with Gasteiger partial charge in [0, 0.05) is 0 Å². The SMILES string of the molecule is CC(CCC(O)COc1ccc(F)cc1)S(=O)(=O)c1ccccc1. The van der Waals surface area contributed by atoms with Crippen molar-refractivity contribution in [3.8, 4) is 5.75 Å². The Labute approximate surface area is 141 Å². The first-order chi connectivity index (χ1) is 11.4. The maximum Gasteiger partial charge on any atom is 0.180 e. The second-order valence-corrected chi connectivity index (χ2v) is 8.03. The fourth-order valence-corrected chi connectivity index (χ4v) is 3.68. The van der Waals surface area contributed by atoms with Crippen LogP contribution in [0.1, 0.15) is 19.8 Å².